The lowest BCUT2D eigenvalue weighted by atomic mass is 9.84. The minimum Gasteiger partial charge on any atom is -0.369 e. The van der Waals surface area contributed by atoms with E-state index in [9.17, 15) is 0 Å². The minimum atomic E-state index is 0.311. The highest BCUT2D eigenvalue weighted by Gasteiger charge is 2.28. The van der Waals surface area contributed by atoms with Gasteiger partial charge in [-0.1, -0.05) is 11.6 Å². The van der Waals surface area contributed by atoms with Crippen molar-refractivity contribution in [2.45, 2.75) is 32.1 Å². The molecule has 0 bridgehead atoms. The number of fused-ring (bicyclic) bond motifs is 1. The molecule has 90 valence electrons. The fourth-order valence-corrected chi connectivity index (χ4v) is 3.91. The van der Waals surface area contributed by atoms with Crippen molar-refractivity contribution < 1.29 is 0 Å². The SMILES string of the molecule is Cc1csc(Cl)c1C1CCCc2[nH]c(N)nc21. The smallest absolute Gasteiger partial charge is 0.197 e. The predicted octanol–water partition coefficient (Wildman–Crippen LogP) is 3.48. The van der Waals surface area contributed by atoms with Crippen LogP contribution in [0.4, 0.5) is 5.95 Å². The van der Waals surface area contributed by atoms with Gasteiger partial charge in [-0.2, -0.15) is 0 Å². The number of rotatable bonds is 1. The Bertz CT molecular complexity index is 539. The number of aromatic amines is 1. The quantitative estimate of drug-likeness (QED) is 0.831. The average Bonchev–Trinajstić information content (AvgIpc) is 2.81. The number of nitrogens with two attached hydrogens (primary N) is 1. The second-order valence-corrected chi connectivity index (χ2v) is 6.02. The summed E-state index contributed by atoms with van der Waals surface area (Å²) in [6.45, 7) is 2.11. The molecule has 0 amide bonds. The first-order chi connectivity index (χ1) is 8.16. The Labute approximate surface area is 109 Å². The molecule has 3 N–H and O–H groups in total. The first-order valence-electron chi connectivity index (χ1n) is 5.74. The number of H-pyrrole nitrogens is 1. The highest BCUT2D eigenvalue weighted by Crippen LogP contribution is 2.42. The number of anilines is 1. The molecular weight excluding hydrogens is 254 g/mol. The van der Waals surface area contributed by atoms with Crippen LogP contribution in [0.1, 0.15) is 41.3 Å². The van der Waals surface area contributed by atoms with Gasteiger partial charge in [-0.25, -0.2) is 4.98 Å². The van der Waals surface area contributed by atoms with Gasteiger partial charge in [0.1, 0.15) is 0 Å². The number of halogens is 1. The van der Waals surface area contributed by atoms with E-state index in [0.717, 1.165) is 29.3 Å². The van der Waals surface area contributed by atoms with E-state index < -0.39 is 0 Å². The van der Waals surface area contributed by atoms with Gasteiger partial charge < -0.3 is 10.7 Å². The van der Waals surface area contributed by atoms with Crippen LogP contribution in [0.3, 0.4) is 0 Å². The fourth-order valence-electron chi connectivity index (χ4n) is 2.66. The second kappa shape index (κ2) is 4.03. The van der Waals surface area contributed by atoms with Crippen LogP contribution in [0.25, 0.3) is 0 Å². The van der Waals surface area contributed by atoms with Crippen molar-refractivity contribution in [3.63, 3.8) is 0 Å². The Balaban J connectivity index is 2.11. The third-order valence-corrected chi connectivity index (χ3v) is 4.77. The third kappa shape index (κ3) is 1.76. The number of nitrogens with zero attached hydrogens (tertiary/aromatic N) is 1. The standard InChI is InChI=1S/C12H14ClN3S/c1-6-5-17-11(13)9(6)7-3-2-4-8-10(7)16-12(14)15-8/h5,7H,2-4H2,1H3,(H3,14,15,16). The van der Waals surface area contributed by atoms with Crippen molar-refractivity contribution in [1.29, 1.82) is 0 Å². The molecule has 0 aromatic carbocycles. The zero-order chi connectivity index (χ0) is 12.0. The van der Waals surface area contributed by atoms with Crippen LogP contribution < -0.4 is 5.73 Å². The van der Waals surface area contributed by atoms with E-state index in [2.05, 4.69) is 22.3 Å². The molecule has 17 heavy (non-hydrogen) atoms. The van der Waals surface area contributed by atoms with Crippen LogP contribution in [-0.2, 0) is 6.42 Å². The van der Waals surface area contributed by atoms with Gasteiger partial charge in [0.15, 0.2) is 5.95 Å². The summed E-state index contributed by atoms with van der Waals surface area (Å²) in [7, 11) is 0. The third-order valence-electron chi connectivity index (χ3n) is 3.40. The predicted molar refractivity (Wildman–Crippen MR) is 71.8 cm³/mol. The van der Waals surface area contributed by atoms with Crippen LogP contribution in [-0.4, -0.2) is 9.97 Å². The maximum Gasteiger partial charge on any atom is 0.197 e. The first kappa shape index (κ1) is 11.1. The van der Waals surface area contributed by atoms with Gasteiger partial charge in [0.05, 0.1) is 10.0 Å². The summed E-state index contributed by atoms with van der Waals surface area (Å²) < 4.78 is 0.891. The molecule has 0 spiro atoms. The molecule has 1 atom stereocenters. The van der Waals surface area contributed by atoms with Crippen LogP contribution in [0.15, 0.2) is 5.38 Å². The number of imidazole rings is 1. The normalized spacial score (nSPS) is 19.3. The monoisotopic (exact) mass is 267 g/mol. The maximum absolute atomic E-state index is 6.30. The highest BCUT2D eigenvalue weighted by atomic mass is 35.5. The molecule has 3 rings (SSSR count). The molecule has 2 heterocycles. The summed E-state index contributed by atoms with van der Waals surface area (Å²) in [6, 6.07) is 0. The van der Waals surface area contributed by atoms with Gasteiger partial charge in [-0.3, -0.25) is 0 Å². The second-order valence-electron chi connectivity index (χ2n) is 4.54. The number of nitrogens with one attached hydrogen (secondary N) is 1. The number of nitrogen functional groups attached to an aromatic ring is 1. The molecular formula is C12H14ClN3S. The largest absolute Gasteiger partial charge is 0.369 e. The molecule has 1 unspecified atom stereocenters. The van der Waals surface area contributed by atoms with Gasteiger partial charge in [0, 0.05) is 11.6 Å². The van der Waals surface area contributed by atoms with Gasteiger partial charge in [-0.15, -0.1) is 11.3 Å². The Kier molecular flexibility index (Phi) is 2.64. The van der Waals surface area contributed by atoms with Crippen molar-refractivity contribution in [1.82, 2.24) is 9.97 Å². The van der Waals surface area contributed by atoms with Gasteiger partial charge >= 0.3 is 0 Å². The zero-order valence-electron chi connectivity index (χ0n) is 9.59. The molecule has 0 saturated carbocycles. The van der Waals surface area contributed by atoms with E-state index in [4.69, 9.17) is 17.3 Å². The highest BCUT2D eigenvalue weighted by molar-refractivity contribution is 7.14. The number of thiophene rings is 1. The van der Waals surface area contributed by atoms with Crippen molar-refractivity contribution in [2.75, 3.05) is 5.73 Å². The van der Waals surface area contributed by atoms with Gasteiger partial charge in [-0.05, 0) is 42.7 Å². The van der Waals surface area contributed by atoms with E-state index in [1.807, 2.05) is 0 Å². The molecule has 2 aromatic heterocycles. The Hall–Kier alpha value is -1.00. The van der Waals surface area contributed by atoms with Crippen LogP contribution in [0.2, 0.25) is 4.34 Å². The van der Waals surface area contributed by atoms with Gasteiger partial charge in [0.2, 0.25) is 0 Å². The fraction of sp³-hybridized carbons (Fsp3) is 0.417. The van der Waals surface area contributed by atoms with Crippen LogP contribution in [0, 0.1) is 6.92 Å². The van der Waals surface area contributed by atoms with Crippen molar-refractivity contribution in [3.8, 4) is 0 Å². The minimum absolute atomic E-state index is 0.311. The van der Waals surface area contributed by atoms with E-state index in [1.165, 1.54) is 16.8 Å². The topological polar surface area (TPSA) is 54.7 Å². The van der Waals surface area contributed by atoms with Crippen LogP contribution >= 0.6 is 22.9 Å². The van der Waals surface area contributed by atoms with E-state index in [1.54, 1.807) is 11.3 Å². The number of hydrogen-bond donors (Lipinski definition) is 2. The van der Waals surface area contributed by atoms with Crippen molar-refractivity contribution >= 4 is 28.9 Å². The summed E-state index contributed by atoms with van der Waals surface area (Å²) >= 11 is 7.90. The Morgan fingerprint density at radius 3 is 3.12 bits per heavy atom. The summed E-state index contributed by atoms with van der Waals surface area (Å²) in [6.07, 6.45) is 3.30. The lowest BCUT2D eigenvalue weighted by molar-refractivity contribution is 0.599. The van der Waals surface area contributed by atoms with E-state index in [-0.39, 0.29) is 0 Å². The van der Waals surface area contributed by atoms with Crippen molar-refractivity contribution in [3.05, 3.63) is 32.2 Å². The number of aromatic nitrogens is 2. The summed E-state index contributed by atoms with van der Waals surface area (Å²) in [5, 5.41) is 2.11. The summed E-state index contributed by atoms with van der Waals surface area (Å²) in [4.78, 5) is 7.59. The first-order valence-corrected chi connectivity index (χ1v) is 7.00. The number of aryl methyl sites for hydroxylation is 2. The molecule has 0 aliphatic heterocycles. The molecule has 3 nitrogen and oxygen atoms in total. The van der Waals surface area contributed by atoms with Gasteiger partial charge in [0.25, 0.3) is 0 Å². The Morgan fingerprint density at radius 1 is 1.59 bits per heavy atom. The lowest BCUT2D eigenvalue weighted by Crippen LogP contribution is -2.11. The average molecular weight is 268 g/mol. The molecule has 1 aliphatic carbocycles. The number of hydrogen-bond acceptors (Lipinski definition) is 3. The van der Waals surface area contributed by atoms with Crippen molar-refractivity contribution in [2.24, 2.45) is 0 Å². The molecule has 0 radical (unpaired) electrons. The van der Waals surface area contributed by atoms with E-state index in [0.29, 0.717) is 11.9 Å². The lowest BCUT2D eigenvalue weighted by Gasteiger charge is -2.21. The summed E-state index contributed by atoms with van der Waals surface area (Å²) in [5.41, 5.74) is 10.5. The zero-order valence-corrected chi connectivity index (χ0v) is 11.2. The van der Waals surface area contributed by atoms with E-state index >= 15 is 0 Å². The molecule has 0 fully saturated rings. The molecule has 0 saturated heterocycles. The maximum atomic E-state index is 6.30. The molecule has 5 heteroatoms. The summed E-state index contributed by atoms with van der Waals surface area (Å²) in [5.74, 6) is 0.831. The molecule has 1 aliphatic rings. The Morgan fingerprint density at radius 2 is 2.41 bits per heavy atom. The van der Waals surface area contributed by atoms with Crippen LogP contribution in [0.5, 0.6) is 0 Å². The molecule has 2 aromatic rings.